The Bertz CT molecular complexity index is 2330. The molecule has 7 heteroatoms. The molecule has 5 heterocycles. The second kappa shape index (κ2) is 12.3. The molecule has 0 saturated heterocycles. The first-order chi connectivity index (χ1) is 24.3. The summed E-state index contributed by atoms with van der Waals surface area (Å²) in [4.78, 5) is 12.8. The van der Waals surface area contributed by atoms with Gasteiger partial charge in [0.1, 0.15) is 11.5 Å². The van der Waals surface area contributed by atoms with Gasteiger partial charge in [-0.2, -0.15) is 0 Å². The average Bonchev–Trinajstić information content (AvgIpc) is 3.93. The van der Waals surface area contributed by atoms with E-state index in [2.05, 4.69) is 80.4 Å². The number of aromatic nitrogens is 2. The predicted octanol–water partition coefficient (Wildman–Crippen LogP) is 12.3. The molecule has 5 aromatic heterocycles. The Morgan fingerprint density at radius 1 is 0.408 bits per heavy atom. The molecular weight excluding hydrogens is 625 g/mol. The third-order valence-electron chi connectivity index (χ3n) is 8.54. The van der Waals surface area contributed by atoms with Crippen molar-refractivity contribution in [1.29, 1.82) is 0 Å². The Kier molecular flexibility index (Phi) is 7.22. The average molecular weight is 653 g/mol. The molecule has 0 bridgehead atoms. The van der Waals surface area contributed by atoms with Gasteiger partial charge in [0.2, 0.25) is 11.8 Å². The highest BCUT2D eigenvalue weighted by atomic mass is 32.1. The van der Waals surface area contributed by atoms with Crippen molar-refractivity contribution in [2.45, 2.75) is 0 Å². The fourth-order valence-electron chi connectivity index (χ4n) is 6.24. The van der Waals surface area contributed by atoms with Crippen molar-refractivity contribution >= 4 is 66.0 Å². The third kappa shape index (κ3) is 5.42. The Hall–Kier alpha value is -6.44. The van der Waals surface area contributed by atoms with Crippen LogP contribution in [0.5, 0.6) is 0 Å². The Morgan fingerprint density at radius 2 is 0.837 bits per heavy atom. The molecule has 0 N–H and O–H groups in total. The van der Waals surface area contributed by atoms with E-state index in [0.717, 1.165) is 57.2 Å². The largest absolute Gasteiger partial charge is 0.440 e. The molecule has 9 rings (SSSR count). The fraction of sp³-hybridized carbons (Fsp3) is 0. The summed E-state index contributed by atoms with van der Waals surface area (Å²) in [5.74, 6) is 3.09. The van der Waals surface area contributed by atoms with Crippen LogP contribution in [0, 0.1) is 0 Å². The van der Waals surface area contributed by atoms with Gasteiger partial charge in [-0.05, 0) is 60.7 Å². The quantitative estimate of drug-likeness (QED) is 0.163. The van der Waals surface area contributed by atoms with Crippen molar-refractivity contribution in [1.82, 2.24) is 9.97 Å². The van der Waals surface area contributed by atoms with Crippen LogP contribution in [0.25, 0.3) is 42.8 Å². The number of anilines is 6. The minimum atomic E-state index is 0.731. The lowest BCUT2D eigenvalue weighted by Crippen LogP contribution is -2.08. The normalized spacial score (nSPS) is 11.3. The highest BCUT2D eigenvalue weighted by Gasteiger charge is 2.20. The van der Waals surface area contributed by atoms with Crippen LogP contribution in [0.15, 0.2) is 179 Å². The summed E-state index contributed by atoms with van der Waals surface area (Å²) in [5, 5.41) is 2.41. The Morgan fingerprint density at radius 3 is 1.27 bits per heavy atom. The van der Waals surface area contributed by atoms with Crippen LogP contribution in [-0.2, 0) is 0 Å². The minimum Gasteiger partial charge on any atom is -0.440 e. The molecular formula is C42H28N4O2S. The second-order valence-corrected chi connectivity index (χ2v) is 12.6. The van der Waals surface area contributed by atoms with E-state index in [1.54, 1.807) is 36.1 Å². The van der Waals surface area contributed by atoms with Crippen molar-refractivity contribution in [3.05, 3.63) is 170 Å². The monoisotopic (exact) mass is 652 g/mol. The first-order valence-corrected chi connectivity index (χ1v) is 16.8. The number of nitrogens with zero attached hydrogens (tertiary/aromatic N) is 4. The maximum Gasteiger partial charge on any atom is 0.205 e. The highest BCUT2D eigenvalue weighted by molar-refractivity contribution is 7.25. The number of benzene rings is 4. The van der Waals surface area contributed by atoms with Gasteiger partial charge < -0.3 is 8.83 Å². The van der Waals surface area contributed by atoms with Gasteiger partial charge in [0.05, 0.1) is 22.7 Å². The zero-order valence-corrected chi connectivity index (χ0v) is 27.0. The van der Waals surface area contributed by atoms with Gasteiger partial charge in [-0.1, -0.05) is 72.8 Å². The van der Waals surface area contributed by atoms with Crippen LogP contribution in [0.4, 0.5) is 34.5 Å². The summed E-state index contributed by atoms with van der Waals surface area (Å²) in [6, 6.07) is 49.6. The molecule has 0 atom stereocenters. The van der Waals surface area contributed by atoms with Crippen LogP contribution in [0.1, 0.15) is 0 Å². The van der Waals surface area contributed by atoms with Crippen LogP contribution >= 0.6 is 11.3 Å². The number of thiophene rings is 1. The summed E-state index contributed by atoms with van der Waals surface area (Å²) in [5.41, 5.74) is 6.00. The number of pyridine rings is 2. The van der Waals surface area contributed by atoms with Crippen LogP contribution in [-0.4, -0.2) is 9.97 Å². The lowest BCUT2D eigenvalue weighted by Gasteiger charge is -2.22. The molecule has 0 aliphatic carbocycles. The molecule has 49 heavy (non-hydrogen) atoms. The van der Waals surface area contributed by atoms with Crippen molar-refractivity contribution < 1.29 is 8.83 Å². The molecule has 0 radical (unpaired) electrons. The van der Waals surface area contributed by atoms with Gasteiger partial charge in [0.25, 0.3) is 0 Å². The maximum absolute atomic E-state index is 6.46. The summed E-state index contributed by atoms with van der Waals surface area (Å²) in [6.07, 6.45) is 7.22. The van der Waals surface area contributed by atoms with E-state index in [9.17, 15) is 0 Å². The molecule has 0 fully saturated rings. The first kappa shape index (κ1) is 28.8. The Balaban J connectivity index is 1.12. The highest BCUT2D eigenvalue weighted by Crippen LogP contribution is 2.44. The van der Waals surface area contributed by atoms with Crippen LogP contribution in [0.2, 0.25) is 0 Å². The molecule has 0 amide bonds. The number of rotatable bonds is 8. The van der Waals surface area contributed by atoms with Gasteiger partial charge in [0, 0.05) is 68.2 Å². The third-order valence-corrected chi connectivity index (χ3v) is 9.66. The van der Waals surface area contributed by atoms with Crippen molar-refractivity contribution in [2.75, 3.05) is 9.80 Å². The van der Waals surface area contributed by atoms with E-state index in [-0.39, 0.29) is 0 Å². The Labute approximate surface area is 286 Å². The van der Waals surface area contributed by atoms with Crippen molar-refractivity contribution in [2.24, 2.45) is 0 Å². The van der Waals surface area contributed by atoms with Crippen molar-refractivity contribution in [3.63, 3.8) is 0 Å². The van der Waals surface area contributed by atoms with E-state index in [4.69, 9.17) is 8.83 Å². The van der Waals surface area contributed by atoms with Crippen LogP contribution in [0.3, 0.4) is 0 Å². The number of fused-ring (bicyclic) bond motifs is 3. The van der Waals surface area contributed by atoms with E-state index in [0.29, 0.717) is 0 Å². The minimum absolute atomic E-state index is 0.731. The topological polar surface area (TPSA) is 58.5 Å². The predicted molar refractivity (Wildman–Crippen MR) is 200 cm³/mol. The van der Waals surface area contributed by atoms with E-state index in [1.807, 2.05) is 84.9 Å². The zero-order valence-electron chi connectivity index (χ0n) is 26.2. The van der Waals surface area contributed by atoms with Crippen molar-refractivity contribution in [3.8, 4) is 22.6 Å². The lowest BCUT2D eigenvalue weighted by molar-refractivity contribution is 0.588. The lowest BCUT2D eigenvalue weighted by atomic mass is 10.1. The van der Waals surface area contributed by atoms with E-state index < -0.39 is 0 Å². The number of furan rings is 2. The second-order valence-electron chi connectivity index (χ2n) is 11.6. The molecule has 0 aliphatic heterocycles. The summed E-state index contributed by atoms with van der Waals surface area (Å²) < 4.78 is 15.3. The van der Waals surface area contributed by atoms with Crippen LogP contribution < -0.4 is 9.80 Å². The first-order valence-electron chi connectivity index (χ1n) is 16.0. The molecule has 9 aromatic rings. The van der Waals surface area contributed by atoms with Gasteiger partial charge in [0.15, 0.2) is 0 Å². The standard InChI is InChI=1S/C42H28N4O2S/c1-3-7-29(8-4-1)37-15-17-41(47-37)45(31-19-23-43-24-20-31)33-11-13-35-36-14-12-34(28-40(36)49-39(35)27-33)46(32-21-25-44-26-22-32)42-18-16-38(48-42)30-9-5-2-6-10-30/h1-28H. The smallest absolute Gasteiger partial charge is 0.205 e. The molecule has 0 saturated carbocycles. The van der Waals surface area contributed by atoms with Gasteiger partial charge >= 0.3 is 0 Å². The van der Waals surface area contributed by atoms with E-state index >= 15 is 0 Å². The SMILES string of the molecule is c1ccc(-c2ccc(N(c3ccncc3)c3ccc4c(c3)sc3cc(N(c5ccncc5)c5ccc(-c6ccccc6)o5)ccc34)o2)cc1. The molecule has 0 unspecified atom stereocenters. The molecule has 6 nitrogen and oxygen atoms in total. The molecule has 234 valence electrons. The van der Waals surface area contributed by atoms with Gasteiger partial charge in [-0.15, -0.1) is 11.3 Å². The number of hydrogen-bond donors (Lipinski definition) is 0. The molecule has 0 spiro atoms. The molecule has 0 aliphatic rings. The number of hydrogen-bond acceptors (Lipinski definition) is 7. The summed E-state index contributed by atoms with van der Waals surface area (Å²) >= 11 is 1.77. The summed E-state index contributed by atoms with van der Waals surface area (Å²) in [7, 11) is 0. The summed E-state index contributed by atoms with van der Waals surface area (Å²) in [6.45, 7) is 0. The van der Waals surface area contributed by atoms with E-state index in [1.165, 1.54) is 20.2 Å². The molecule has 4 aromatic carbocycles. The van der Waals surface area contributed by atoms with Gasteiger partial charge in [-0.25, -0.2) is 0 Å². The maximum atomic E-state index is 6.46. The fourth-order valence-corrected chi connectivity index (χ4v) is 7.41. The zero-order chi connectivity index (χ0) is 32.6. The van der Waals surface area contributed by atoms with Gasteiger partial charge in [-0.3, -0.25) is 19.8 Å².